The third kappa shape index (κ3) is 4.23. The highest BCUT2D eigenvalue weighted by atomic mass is 14.2. The molecule has 0 N–H and O–H groups in total. The number of hydrogen-bond donors (Lipinski definition) is 0. The lowest BCUT2D eigenvalue weighted by Gasteiger charge is -2.20. The normalized spacial score (nSPS) is 11.5. The molecule has 0 atom stereocenters. The van der Waals surface area contributed by atoms with Gasteiger partial charge >= 0.3 is 0 Å². The lowest BCUT2D eigenvalue weighted by Crippen LogP contribution is -1.93. The Labute approximate surface area is 268 Å². The van der Waals surface area contributed by atoms with E-state index in [4.69, 9.17) is 0 Å². The molecule has 0 heterocycles. The Balaban J connectivity index is 1.38. The molecule has 0 aliphatic heterocycles. The molecule has 0 aliphatic rings. The maximum atomic E-state index is 2.40. The fraction of sp³-hybridized carbons (Fsp3) is 0. The van der Waals surface area contributed by atoms with Crippen molar-refractivity contribution in [3.05, 3.63) is 182 Å². The molecular weight excluding hydrogens is 553 g/mol. The van der Waals surface area contributed by atoms with Gasteiger partial charge in [0.15, 0.2) is 0 Å². The average Bonchev–Trinajstić information content (AvgIpc) is 3.14. The van der Waals surface area contributed by atoms with E-state index in [0.717, 1.165) is 0 Å². The van der Waals surface area contributed by atoms with Crippen LogP contribution in [0.15, 0.2) is 182 Å². The Morgan fingerprint density at radius 2 is 0.630 bits per heavy atom. The van der Waals surface area contributed by atoms with Crippen LogP contribution in [0.25, 0.3) is 87.6 Å². The fourth-order valence-corrected chi connectivity index (χ4v) is 7.43. The topological polar surface area (TPSA) is 0 Å². The van der Waals surface area contributed by atoms with Gasteiger partial charge in [0, 0.05) is 0 Å². The van der Waals surface area contributed by atoms with Crippen LogP contribution in [0, 0.1) is 0 Å². The van der Waals surface area contributed by atoms with Crippen molar-refractivity contribution in [1.82, 2.24) is 0 Å². The van der Waals surface area contributed by atoms with Crippen molar-refractivity contribution in [3.63, 3.8) is 0 Å². The molecule has 9 aromatic carbocycles. The van der Waals surface area contributed by atoms with Crippen molar-refractivity contribution in [2.24, 2.45) is 0 Å². The Kier molecular flexibility index (Phi) is 6.25. The number of rotatable bonds is 4. The Morgan fingerprint density at radius 1 is 0.217 bits per heavy atom. The summed E-state index contributed by atoms with van der Waals surface area (Å²) < 4.78 is 0. The molecule has 0 radical (unpaired) electrons. The zero-order valence-electron chi connectivity index (χ0n) is 25.3. The van der Waals surface area contributed by atoms with Gasteiger partial charge in [0.1, 0.15) is 0 Å². The Bertz CT molecular complexity index is 2500. The van der Waals surface area contributed by atoms with Crippen molar-refractivity contribution in [1.29, 1.82) is 0 Å². The second-order valence-corrected chi connectivity index (χ2v) is 12.0. The van der Waals surface area contributed by atoms with Gasteiger partial charge in [0.25, 0.3) is 0 Å². The summed E-state index contributed by atoms with van der Waals surface area (Å²) in [6, 6.07) is 66.5. The fourth-order valence-electron chi connectivity index (χ4n) is 7.43. The number of fused-ring (bicyclic) bond motifs is 4. The minimum absolute atomic E-state index is 1.23. The van der Waals surface area contributed by atoms with Crippen LogP contribution in [0.1, 0.15) is 0 Å². The summed E-state index contributed by atoms with van der Waals surface area (Å²) in [4.78, 5) is 0. The van der Waals surface area contributed by atoms with Gasteiger partial charge in [-0.2, -0.15) is 0 Å². The minimum Gasteiger partial charge on any atom is -0.0622 e. The van der Waals surface area contributed by atoms with Crippen LogP contribution in [0.2, 0.25) is 0 Å². The second-order valence-electron chi connectivity index (χ2n) is 12.0. The van der Waals surface area contributed by atoms with E-state index in [0.29, 0.717) is 0 Å². The van der Waals surface area contributed by atoms with E-state index in [-0.39, 0.29) is 0 Å². The summed E-state index contributed by atoms with van der Waals surface area (Å²) in [5.41, 5.74) is 10.1. The molecule has 0 unspecified atom stereocenters. The molecule has 0 aliphatic carbocycles. The van der Waals surface area contributed by atoms with E-state index in [9.17, 15) is 0 Å². The molecule has 214 valence electrons. The van der Waals surface area contributed by atoms with Gasteiger partial charge < -0.3 is 0 Å². The van der Waals surface area contributed by atoms with E-state index in [1.807, 2.05) is 0 Å². The summed E-state index contributed by atoms with van der Waals surface area (Å²) >= 11 is 0. The second kappa shape index (κ2) is 10.9. The summed E-state index contributed by atoms with van der Waals surface area (Å²) in [6.07, 6.45) is 0. The molecule has 0 saturated carbocycles. The molecule has 0 nitrogen and oxygen atoms in total. The first-order valence-corrected chi connectivity index (χ1v) is 15.9. The molecule has 0 saturated heterocycles. The first-order valence-electron chi connectivity index (χ1n) is 15.9. The van der Waals surface area contributed by atoms with Crippen LogP contribution >= 0.6 is 0 Å². The van der Waals surface area contributed by atoms with E-state index >= 15 is 0 Å². The molecule has 0 spiro atoms. The van der Waals surface area contributed by atoms with Crippen molar-refractivity contribution in [2.75, 3.05) is 0 Å². The van der Waals surface area contributed by atoms with Crippen LogP contribution in [-0.2, 0) is 0 Å². The minimum atomic E-state index is 1.23. The third-order valence-corrected chi connectivity index (χ3v) is 9.44. The molecule has 0 aromatic heterocycles. The predicted molar refractivity (Wildman–Crippen MR) is 198 cm³/mol. The SMILES string of the molecule is c1ccc(-c2cc(-c3c4ccccc4c(-c4ccc(-c5ccccc5)c5ccccc45)c4ccccc34)cc3ccccc23)cc1. The van der Waals surface area contributed by atoms with Crippen LogP contribution < -0.4 is 0 Å². The zero-order valence-corrected chi connectivity index (χ0v) is 25.3. The van der Waals surface area contributed by atoms with Crippen LogP contribution in [-0.4, -0.2) is 0 Å². The predicted octanol–water partition coefficient (Wildman–Crippen LogP) is 13.0. The van der Waals surface area contributed by atoms with Crippen molar-refractivity contribution in [2.45, 2.75) is 0 Å². The van der Waals surface area contributed by atoms with E-state index in [1.165, 1.54) is 87.6 Å². The van der Waals surface area contributed by atoms with Gasteiger partial charge in [-0.25, -0.2) is 0 Å². The molecular formula is C46H30. The molecule has 9 rings (SSSR count). The average molecular weight is 583 g/mol. The lowest BCUT2D eigenvalue weighted by molar-refractivity contribution is 1.63. The number of benzene rings is 9. The highest BCUT2D eigenvalue weighted by Gasteiger charge is 2.20. The van der Waals surface area contributed by atoms with Gasteiger partial charge in [-0.3, -0.25) is 0 Å². The first kappa shape index (κ1) is 26.4. The van der Waals surface area contributed by atoms with Crippen LogP contribution in [0.4, 0.5) is 0 Å². The Morgan fingerprint density at radius 3 is 1.22 bits per heavy atom. The molecule has 0 fully saturated rings. The van der Waals surface area contributed by atoms with Crippen LogP contribution in [0.5, 0.6) is 0 Å². The molecule has 0 bridgehead atoms. The van der Waals surface area contributed by atoms with Crippen LogP contribution in [0.3, 0.4) is 0 Å². The summed E-state index contributed by atoms with van der Waals surface area (Å²) in [5.74, 6) is 0. The van der Waals surface area contributed by atoms with Crippen molar-refractivity contribution in [3.8, 4) is 44.5 Å². The van der Waals surface area contributed by atoms with E-state index < -0.39 is 0 Å². The van der Waals surface area contributed by atoms with Crippen molar-refractivity contribution >= 4 is 43.1 Å². The lowest BCUT2D eigenvalue weighted by atomic mass is 9.83. The first-order chi connectivity index (χ1) is 22.8. The zero-order chi connectivity index (χ0) is 30.5. The third-order valence-electron chi connectivity index (χ3n) is 9.44. The Hall–Kier alpha value is -5.98. The highest BCUT2D eigenvalue weighted by Crippen LogP contribution is 2.47. The van der Waals surface area contributed by atoms with Gasteiger partial charge in [0.2, 0.25) is 0 Å². The molecule has 0 amide bonds. The summed E-state index contributed by atoms with van der Waals surface area (Å²) in [6.45, 7) is 0. The van der Waals surface area contributed by atoms with Gasteiger partial charge in [0.05, 0.1) is 0 Å². The van der Waals surface area contributed by atoms with E-state index in [2.05, 4.69) is 182 Å². The molecule has 46 heavy (non-hydrogen) atoms. The molecule has 0 heteroatoms. The standard InChI is InChI=1S/C46H30/c1-3-15-31(16-4-1)36-27-28-43(38-22-10-9-21-37(36)38)46-41-25-13-11-23-39(41)45(40-24-12-14-26-42(40)46)34-29-33-19-7-8-20-35(33)44(30-34)32-17-5-2-6-18-32/h1-30H. The van der Waals surface area contributed by atoms with Gasteiger partial charge in [-0.15, -0.1) is 0 Å². The van der Waals surface area contributed by atoms with E-state index in [1.54, 1.807) is 0 Å². The maximum Gasteiger partial charge on any atom is -0.00201 e. The molecule has 9 aromatic rings. The number of hydrogen-bond acceptors (Lipinski definition) is 0. The summed E-state index contributed by atoms with van der Waals surface area (Å²) in [5, 5.41) is 10.1. The largest absolute Gasteiger partial charge is 0.0622 e. The van der Waals surface area contributed by atoms with Gasteiger partial charge in [-0.05, 0) is 99.7 Å². The maximum absolute atomic E-state index is 2.40. The highest BCUT2D eigenvalue weighted by molar-refractivity contribution is 6.24. The van der Waals surface area contributed by atoms with Crippen molar-refractivity contribution < 1.29 is 0 Å². The smallest absolute Gasteiger partial charge is 0.00201 e. The summed E-state index contributed by atoms with van der Waals surface area (Å²) in [7, 11) is 0. The monoisotopic (exact) mass is 582 g/mol. The van der Waals surface area contributed by atoms with Gasteiger partial charge in [-0.1, -0.05) is 170 Å². The quantitative estimate of drug-likeness (QED) is 0.181.